The van der Waals surface area contributed by atoms with Gasteiger partial charge in [-0.05, 0) is 37.5 Å². The van der Waals surface area contributed by atoms with Gasteiger partial charge in [0, 0.05) is 30.8 Å². The van der Waals surface area contributed by atoms with E-state index in [9.17, 15) is 13.6 Å². The van der Waals surface area contributed by atoms with Crippen molar-refractivity contribution in [2.75, 3.05) is 13.1 Å². The Labute approximate surface area is 129 Å². The van der Waals surface area contributed by atoms with Crippen LogP contribution in [0.5, 0.6) is 0 Å². The SMILES string of the molecule is Cl.NCC1CCCCN1C(=O)/C=C/c1c(F)cccc1F. The highest BCUT2D eigenvalue weighted by molar-refractivity contribution is 5.92. The van der Waals surface area contributed by atoms with Crippen molar-refractivity contribution in [3.05, 3.63) is 41.5 Å². The predicted molar refractivity (Wildman–Crippen MR) is 81.0 cm³/mol. The zero-order valence-electron chi connectivity index (χ0n) is 11.6. The molecular formula is C15H19ClF2N2O. The maximum Gasteiger partial charge on any atom is 0.246 e. The first-order valence-electron chi connectivity index (χ1n) is 6.76. The van der Waals surface area contributed by atoms with E-state index in [1.807, 2.05) is 0 Å². The Balaban J connectivity index is 0.00000220. The molecule has 0 aliphatic carbocycles. The van der Waals surface area contributed by atoms with E-state index >= 15 is 0 Å². The van der Waals surface area contributed by atoms with E-state index in [4.69, 9.17) is 5.73 Å². The number of carbonyl (C=O) groups is 1. The molecule has 0 spiro atoms. The minimum absolute atomic E-state index is 0. The lowest BCUT2D eigenvalue weighted by atomic mass is 10.0. The minimum Gasteiger partial charge on any atom is -0.335 e. The standard InChI is InChI=1S/C15H18F2N2O.ClH/c16-13-5-3-6-14(17)12(13)7-8-15(20)19-9-2-1-4-11(19)10-18;/h3,5-8,11H,1-2,4,9-10,18H2;1H/b8-7+;. The van der Waals surface area contributed by atoms with Gasteiger partial charge in [-0.25, -0.2) is 8.78 Å². The quantitative estimate of drug-likeness (QED) is 0.872. The Morgan fingerprint density at radius 1 is 1.33 bits per heavy atom. The first kappa shape index (κ1) is 17.6. The Morgan fingerprint density at radius 2 is 2.00 bits per heavy atom. The summed E-state index contributed by atoms with van der Waals surface area (Å²) in [5.74, 6) is -1.60. The summed E-state index contributed by atoms with van der Waals surface area (Å²) >= 11 is 0. The average molecular weight is 317 g/mol. The molecule has 3 nitrogen and oxygen atoms in total. The Hall–Kier alpha value is -1.46. The molecule has 1 unspecified atom stereocenters. The summed E-state index contributed by atoms with van der Waals surface area (Å²) in [6, 6.07) is 3.64. The third kappa shape index (κ3) is 4.25. The van der Waals surface area contributed by atoms with Crippen LogP contribution in [0.2, 0.25) is 0 Å². The van der Waals surface area contributed by atoms with Gasteiger partial charge >= 0.3 is 0 Å². The zero-order chi connectivity index (χ0) is 14.5. The topological polar surface area (TPSA) is 46.3 Å². The highest BCUT2D eigenvalue weighted by Gasteiger charge is 2.23. The number of rotatable bonds is 3. The van der Waals surface area contributed by atoms with Gasteiger partial charge in [0.25, 0.3) is 0 Å². The van der Waals surface area contributed by atoms with Gasteiger partial charge in [-0.15, -0.1) is 12.4 Å². The van der Waals surface area contributed by atoms with E-state index in [0.29, 0.717) is 13.1 Å². The minimum atomic E-state index is -0.678. The van der Waals surface area contributed by atoms with Gasteiger partial charge in [0.1, 0.15) is 11.6 Å². The van der Waals surface area contributed by atoms with E-state index < -0.39 is 11.6 Å². The van der Waals surface area contributed by atoms with Crippen LogP contribution in [0.15, 0.2) is 24.3 Å². The van der Waals surface area contributed by atoms with Crippen LogP contribution in [0.25, 0.3) is 6.08 Å². The van der Waals surface area contributed by atoms with Crippen LogP contribution < -0.4 is 5.73 Å². The van der Waals surface area contributed by atoms with E-state index in [0.717, 1.165) is 31.4 Å². The van der Waals surface area contributed by atoms with Crippen molar-refractivity contribution >= 4 is 24.4 Å². The predicted octanol–water partition coefficient (Wildman–Crippen LogP) is 2.74. The normalized spacial score (nSPS) is 18.6. The van der Waals surface area contributed by atoms with Crippen LogP contribution in [0.1, 0.15) is 24.8 Å². The summed E-state index contributed by atoms with van der Waals surface area (Å²) in [7, 11) is 0. The molecule has 0 saturated carbocycles. The third-order valence-electron chi connectivity index (χ3n) is 3.57. The molecule has 6 heteroatoms. The number of halogens is 3. The second-order valence-corrected chi connectivity index (χ2v) is 4.89. The molecule has 1 fully saturated rings. The number of nitrogens with two attached hydrogens (primary N) is 1. The number of hydrogen-bond donors (Lipinski definition) is 1. The number of hydrogen-bond acceptors (Lipinski definition) is 2. The van der Waals surface area contributed by atoms with Crippen LogP contribution in [0.4, 0.5) is 8.78 Å². The van der Waals surface area contributed by atoms with E-state index in [2.05, 4.69) is 0 Å². The Bertz CT molecular complexity index is 502. The first-order chi connectivity index (χ1) is 9.63. The summed E-state index contributed by atoms with van der Waals surface area (Å²) in [6.45, 7) is 1.05. The molecule has 1 aromatic carbocycles. The number of piperidine rings is 1. The van der Waals surface area contributed by atoms with Gasteiger partial charge in [-0.2, -0.15) is 0 Å². The number of nitrogens with zero attached hydrogens (tertiary/aromatic N) is 1. The maximum atomic E-state index is 13.4. The molecule has 1 heterocycles. The first-order valence-corrected chi connectivity index (χ1v) is 6.76. The lowest BCUT2D eigenvalue weighted by Gasteiger charge is -2.34. The van der Waals surface area contributed by atoms with Gasteiger partial charge in [-0.1, -0.05) is 6.07 Å². The van der Waals surface area contributed by atoms with Crippen LogP contribution in [-0.4, -0.2) is 29.9 Å². The lowest BCUT2D eigenvalue weighted by molar-refractivity contribution is -0.129. The van der Waals surface area contributed by atoms with Crippen molar-refractivity contribution < 1.29 is 13.6 Å². The van der Waals surface area contributed by atoms with E-state index in [1.165, 1.54) is 18.2 Å². The van der Waals surface area contributed by atoms with Gasteiger partial charge in [-0.3, -0.25) is 4.79 Å². The lowest BCUT2D eigenvalue weighted by Crippen LogP contribution is -2.46. The van der Waals surface area contributed by atoms with Crippen molar-refractivity contribution in [2.45, 2.75) is 25.3 Å². The van der Waals surface area contributed by atoms with Crippen LogP contribution in [-0.2, 0) is 4.79 Å². The molecule has 0 bridgehead atoms. The molecule has 0 aromatic heterocycles. The molecule has 1 aliphatic rings. The third-order valence-corrected chi connectivity index (χ3v) is 3.57. The van der Waals surface area contributed by atoms with E-state index in [-0.39, 0.29) is 29.9 Å². The van der Waals surface area contributed by atoms with Gasteiger partial charge in [0.15, 0.2) is 0 Å². The molecule has 0 radical (unpaired) electrons. The highest BCUT2D eigenvalue weighted by atomic mass is 35.5. The second kappa shape index (κ2) is 8.10. The number of benzene rings is 1. The molecule has 1 aromatic rings. The molecule has 116 valence electrons. The molecule has 1 atom stereocenters. The summed E-state index contributed by atoms with van der Waals surface area (Å²) in [6.07, 6.45) is 5.27. The molecular weight excluding hydrogens is 298 g/mol. The van der Waals surface area contributed by atoms with Crippen molar-refractivity contribution in [3.8, 4) is 0 Å². The highest BCUT2D eigenvalue weighted by Crippen LogP contribution is 2.18. The zero-order valence-corrected chi connectivity index (χ0v) is 12.4. The monoisotopic (exact) mass is 316 g/mol. The summed E-state index contributed by atoms with van der Waals surface area (Å²) in [4.78, 5) is 13.8. The summed E-state index contributed by atoms with van der Waals surface area (Å²) in [5.41, 5.74) is 5.46. The number of likely N-dealkylation sites (tertiary alicyclic amines) is 1. The smallest absolute Gasteiger partial charge is 0.246 e. The molecule has 1 saturated heterocycles. The van der Waals surface area contributed by atoms with Crippen LogP contribution >= 0.6 is 12.4 Å². The summed E-state index contributed by atoms with van der Waals surface area (Å²) in [5, 5.41) is 0. The maximum absolute atomic E-state index is 13.4. The molecule has 1 amide bonds. The average Bonchev–Trinajstić information content (AvgIpc) is 2.46. The fourth-order valence-corrected chi connectivity index (χ4v) is 2.46. The molecule has 2 N–H and O–H groups in total. The van der Waals surface area contributed by atoms with Crippen molar-refractivity contribution in [1.29, 1.82) is 0 Å². The summed E-state index contributed by atoms with van der Waals surface area (Å²) < 4.78 is 26.9. The van der Waals surface area contributed by atoms with Crippen LogP contribution in [0.3, 0.4) is 0 Å². The molecule has 1 aliphatic heterocycles. The van der Waals surface area contributed by atoms with Crippen molar-refractivity contribution in [3.63, 3.8) is 0 Å². The van der Waals surface area contributed by atoms with Crippen LogP contribution in [0, 0.1) is 11.6 Å². The molecule has 2 rings (SSSR count). The molecule has 21 heavy (non-hydrogen) atoms. The van der Waals surface area contributed by atoms with Crippen molar-refractivity contribution in [2.24, 2.45) is 5.73 Å². The van der Waals surface area contributed by atoms with Crippen molar-refractivity contribution in [1.82, 2.24) is 4.90 Å². The number of carbonyl (C=O) groups excluding carboxylic acids is 1. The number of amides is 1. The van der Waals surface area contributed by atoms with Gasteiger partial charge < -0.3 is 10.6 Å². The fraction of sp³-hybridized carbons (Fsp3) is 0.400. The Kier molecular flexibility index (Phi) is 6.78. The fourth-order valence-electron chi connectivity index (χ4n) is 2.46. The largest absolute Gasteiger partial charge is 0.335 e. The van der Waals surface area contributed by atoms with E-state index in [1.54, 1.807) is 4.90 Å². The second-order valence-electron chi connectivity index (χ2n) is 4.89. The van der Waals surface area contributed by atoms with Gasteiger partial charge in [0.05, 0.1) is 0 Å². The van der Waals surface area contributed by atoms with Gasteiger partial charge in [0.2, 0.25) is 5.91 Å². The Morgan fingerprint density at radius 3 is 2.62 bits per heavy atom.